The van der Waals surface area contributed by atoms with Gasteiger partial charge in [-0.15, -0.1) is 0 Å². The van der Waals surface area contributed by atoms with E-state index >= 15 is 0 Å². The smallest absolute Gasteiger partial charge is 0.328 e. The highest BCUT2D eigenvalue weighted by Gasteiger charge is 2.30. The molecule has 0 bridgehead atoms. The molecule has 0 saturated carbocycles. The van der Waals surface area contributed by atoms with Crippen LogP contribution in [0.5, 0.6) is 5.75 Å². The van der Waals surface area contributed by atoms with Crippen LogP contribution in [0.4, 0.5) is 0 Å². The number of nitrogens with zero attached hydrogens (tertiary/aromatic N) is 1. The molecule has 0 aromatic heterocycles. The van der Waals surface area contributed by atoms with Gasteiger partial charge in [0.25, 0.3) is 5.91 Å². The molecule has 0 aliphatic carbocycles. The van der Waals surface area contributed by atoms with Gasteiger partial charge in [0, 0.05) is 31.0 Å². The summed E-state index contributed by atoms with van der Waals surface area (Å²) < 4.78 is 11.0. The number of hydrogen-bond donors (Lipinski definition) is 2. The van der Waals surface area contributed by atoms with E-state index in [0.29, 0.717) is 49.7 Å². The summed E-state index contributed by atoms with van der Waals surface area (Å²) in [6, 6.07) is 21.7. The Morgan fingerprint density at radius 3 is 2.36 bits per heavy atom. The molecule has 3 aromatic carbocycles. The maximum Gasteiger partial charge on any atom is 0.328 e. The number of nitrogens with one attached hydrogen (secondary N) is 2. The summed E-state index contributed by atoms with van der Waals surface area (Å²) in [6.45, 7) is 1.31. The molecular formula is C34H38ClN3O6. The molecule has 3 aromatic rings. The molecule has 2 N–H and O–H groups in total. The van der Waals surface area contributed by atoms with Crippen molar-refractivity contribution < 1.29 is 28.7 Å². The lowest BCUT2D eigenvalue weighted by molar-refractivity contribution is -0.145. The molecule has 1 aliphatic heterocycles. The van der Waals surface area contributed by atoms with Gasteiger partial charge in [-0.1, -0.05) is 72.3 Å². The highest BCUT2D eigenvalue weighted by molar-refractivity contribution is 6.30. The summed E-state index contributed by atoms with van der Waals surface area (Å²) in [4.78, 5) is 55.1. The molecular weight excluding hydrogens is 582 g/mol. The number of hydrogen-bond acceptors (Lipinski definition) is 6. The molecule has 44 heavy (non-hydrogen) atoms. The van der Waals surface area contributed by atoms with Gasteiger partial charge < -0.3 is 25.0 Å². The van der Waals surface area contributed by atoms with Gasteiger partial charge in [0.2, 0.25) is 11.8 Å². The number of rotatable bonds is 6. The number of amides is 3. The lowest BCUT2D eigenvalue weighted by Crippen LogP contribution is -2.53. The van der Waals surface area contributed by atoms with Crippen molar-refractivity contribution in [3.05, 3.63) is 101 Å². The second-order valence-corrected chi connectivity index (χ2v) is 11.1. The predicted molar refractivity (Wildman–Crippen MR) is 167 cm³/mol. The van der Waals surface area contributed by atoms with Crippen LogP contribution < -0.4 is 15.4 Å². The SMILES string of the molecule is COC(=O)C1CCC(=O)N(CCc2ccccc2)CCCCOc2cc(Cl)ccc2C(=O)NC(Cc2ccccc2)C(=O)N1. The molecule has 0 saturated heterocycles. The minimum Gasteiger partial charge on any atom is -0.493 e. The summed E-state index contributed by atoms with van der Waals surface area (Å²) in [5.74, 6) is -1.60. The third-order valence-corrected chi connectivity index (χ3v) is 7.72. The van der Waals surface area contributed by atoms with Crippen molar-refractivity contribution in [2.24, 2.45) is 0 Å². The number of ether oxygens (including phenoxy) is 2. The zero-order valence-electron chi connectivity index (χ0n) is 24.8. The number of halogens is 1. The average molecular weight is 620 g/mol. The quantitative estimate of drug-likeness (QED) is 0.396. The second kappa shape index (κ2) is 16.5. The second-order valence-electron chi connectivity index (χ2n) is 10.7. The standard InChI is InChI=1S/C34H38ClN3O6/c1-43-34(42)28-16-17-31(39)38(20-18-24-10-4-2-5-11-24)19-8-9-21-44-30-23-26(35)14-15-27(30)32(40)37-29(33(41)36-28)22-25-12-6-3-7-13-25/h2-7,10-15,23,28-29H,8-9,16-22H2,1H3,(H,36,41)(H,37,40). The van der Waals surface area contributed by atoms with Crippen LogP contribution in [0, 0.1) is 0 Å². The summed E-state index contributed by atoms with van der Waals surface area (Å²) in [5, 5.41) is 5.94. The Labute approximate surface area is 262 Å². The average Bonchev–Trinajstić information content (AvgIpc) is 3.04. The number of benzene rings is 3. The van der Waals surface area contributed by atoms with Gasteiger partial charge in [-0.2, -0.15) is 0 Å². The van der Waals surface area contributed by atoms with Gasteiger partial charge in [-0.25, -0.2) is 4.79 Å². The van der Waals surface area contributed by atoms with E-state index in [1.54, 1.807) is 23.1 Å². The van der Waals surface area contributed by atoms with E-state index in [-0.39, 0.29) is 30.7 Å². The first-order valence-corrected chi connectivity index (χ1v) is 15.2. The van der Waals surface area contributed by atoms with Crippen molar-refractivity contribution in [3.8, 4) is 5.75 Å². The summed E-state index contributed by atoms with van der Waals surface area (Å²) in [6.07, 6.45) is 2.23. The molecule has 4 rings (SSSR count). The number of carbonyl (C=O) groups excluding carboxylic acids is 4. The van der Waals surface area contributed by atoms with Gasteiger partial charge in [-0.05, 0) is 55.0 Å². The fraction of sp³-hybridized carbons (Fsp3) is 0.353. The van der Waals surface area contributed by atoms with Crippen molar-refractivity contribution in [2.75, 3.05) is 26.8 Å². The zero-order valence-corrected chi connectivity index (χ0v) is 25.6. The number of esters is 1. The number of fused-ring (bicyclic) bond motifs is 1. The Morgan fingerprint density at radius 1 is 0.955 bits per heavy atom. The largest absolute Gasteiger partial charge is 0.493 e. The van der Waals surface area contributed by atoms with Crippen LogP contribution in [-0.4, -0.2) is 67.5 Å². The van der Waals surface area contributed by atoms with Crippen molar-refractivity contribution >= 4 is 35.3 Å². The van der Waals surface area contributed by atoms with E-state index in [1.165, 1.54) is 7.11 Å². The summed E-state index contributed by atoms with van der Waals surface area (Å²) >= 11 is 6.23. The van der Waals surface area contributed by atoms with Crippen LogP contribution in [-0.2, 0) is 32.0 Å². The Hall–Kier alpha value is -4.37. The minimum absolute atomic E-state index is 0.0327. The van der Waals surface area contributed by atoms with Crippen LogP contribution in [0.15, 0.2) is 78.9 Å². The van der Waals surface area contributed by atoms with Crippen LogP contribution in [0.1, 0.15) is 47.2 Å². The normalized spacial score (nSPS) is 18.7. The Balaban J connectivity index is 1.61. The molecule has 2 unspecified atom stereocenters. The minimum atomic E-state index is -1.08. The molecule has 9 nitrogen and oxygen atoms in total. The zero-order chi connectivity index (χ0) is 31.3. The third kappa shape index (κ3) is 9.57. The molecule has 232 valence electrons. The Kier molecular flexibility index (Phi) is 12.2. The maximum atomic E-state index is 13.6. The highest BCUT2D eigenvalue weighted by atomic mass is 35.5. The molecule has 2 atom stereocenters. The monoisotopic (exact) mass is 619 g/mol. The van der Waals surface area contributed by atoms with Crippen LogP contribution in [0.3, 0.4) is 0 Å². The Morgan fingerprint density at radius 2 is 1.66 bits per heavy atom. The topological polar surface area (TPSA) is 114 Å². The fourth-order valence-corrected chi connectivity index (χ4v) is 5.21. The first-order valence-electron chi connectivity index (χ1n) is 14.8. The lowest BCUT2D eigenvalue weighted by atomic mass is 10.0. The molecule has 10 heteroatoms. The van der Waals surface area contributed by atoms with Crippen LogP contribution in [0.25, 0.3) is 0 Å². The van der Waals surface area contributed by atoms with Gasteiger partial charge in [0.1, 0.15) is 17.8 Å². The van der Waals surface area contributed by atoms with Crippen molar-refractivity contribution in [1.29, 1.82) is 0 Å². The number of methoxy groups -OCH3 is 1. The summed E-state index contributed by atoms with van der Waals surface area (Å²) in [5.41, 5.74) is 2.15. The van der Waals surface area contributed by atoms with E-state index in [1.807, 2.05) is 60.7 Å². The van der Waals surface area contributed by atoms with Crippen molar-refractivity contribution in [3.63, 3.8) is 0 Å². The van der Waals surface area contributed by atoms with Gasteiger partial charge in [-0.3, -0.25) is 14.4 Å². The molecule has 0 radical (unpaired) electrons. The van der Waals surface area contributed by atoms with E-state index in [2.05, 4.69) is 10.6 Å². The Bertz CT molecular complexity index is 1420. The highest BCUT2D eigenvalue weighted by Crippen LogP contribution is 2.24. The van der Waals surface area contributed by atoms with E-state index in [4.69, 9.17) is 21.1 Å². The molecule has 1 aliphatic rings. The first-order chi connectivity index (χ1) is 21.3. The molecule has 0 fully saturated rings. The summed E-state index contributed by atoms with van der Waals surface area (Å²) in [7, 11) is 1.23. The number of carbonyl (C=O) groups is 4. The van der Waals surface area contributed by atoms with Crippen LogP contribution >= 0.6 is 11.6 Å². The van der Waals surface area contributed by atoms with E-state index in [9.17, 15) is 19.2 Å². The predicted octanol–water partition coefficient (Wildman–Crippen LogP) is 4.36. The molecule has 0 spiro atoms. The van der Waals surface area contributed by atoms with Crippen LogP contribution in [0.2, 0.25) is 5.02 Å². The van der Waals surface area contributed by atoms with E-state index < -0.39 is 29.9 Å². The third-order valence-electron chi connectivity index (χ3n) is 7.49. The van der Waals surface area contributed by atoms with Gasteiger partial charge in [0.05, 0.1) is 19.3 Å². The fourth-order valence-electron chi connectivity index (χ4n) is 5.04. The first kappa shape index (κ1) is 32.5. The van der Waals surface area contributed by atoms with Gasteiger partial charge in [0.15, 0.2) is 0 Å². The van der Waals surface area contributed by atoms with E-state index in [0.717, 1.165) is 11.1 Å². The van der Waals surface area contributed by atoms with Gasteiger partial charge >= 0.3 is 5.97 Å². The molecule has 3 amide bonds. The van der Waals surface area contributed by atoms with Crippen molar-refractivity contribution in [2.45, 2.75) is 50.6 Å². The molecule has 1 heterocycles. The maximum absolute atomic E-state index is 13.6. The lowest BCUT2D eigenvalue weighted by Gasteiger charge is -2.25. The van der Waals surface area contributed by atoms with Crippen molar-refractivity contribution in [1.82, 2.24) is 15.5 Å².